The Bertz CT molecular complexity index is 711. The number of Topliss-reactive ketones (excluding diaryl/α,β-unsaturated/α-hetero) is 1. The number of carboxylic acid groups (broad SMARTS) is 2. The number of hydrogen-bond acceptors (Lipinski definition) is 3. The fraction of sp³-hybridized carbons (Fsp3) is 0.286. The molecular formula is C21H22O5. The molecule has 0 radical (unpaired) electrons. The molecule has 0 heterocycles. The number of aliphatic carboxylic acids is 2. The van der Waals surface area contributed by atoms with Crippen molar-refractivity contribution < 1.29 is 24.6 Å². The summed E-state index contributed by atoms with van der Waals surface area (Å²) in [5, 5.41) is 18.8. The molecule has 0 bridgehead atoms. The van der Waals surface area contributed by atoms with Gasteiger partial charge in [0, 0.05) is 12.8 Å². The Balaban J connectivity index is 2.31. The van der Waals surface area contributed by atoms with Crippen LogP contribution in [-0.4, -0.2) is 27.9 Å². The van der Waals surface area contributed by atoms with Crippen LogP contribution in [0.3, 0.4) is 0 Å². The second kappa shape index (κ2) is 8.94. The molecule has 0 aliphatic rings. The van der Waals surface area contributed by atoms with Gasteiger partial charge in [-0.15, -0.1) is 0 Å². The third-order valence-corrected chi connectivity index (χ3v) is 4.38. The fourth-order valence-corrected chi connectivity index (χ4v) is 3.10. The number of rotatable bonds is 10. The van der Waals surface area contributed by atoms with E-state index in [0.717, 1.165) is 11.1 Å². The summed E-state index contributed by atoms with van der Waals surface area (Å²) in [6, 6.07) is 18.4. The van der Waals surface area contributed by atoms with Gasteiger partial charge in [0.15, 0.2) is 0 Å². The minimum atomic E-state index is -1.31. The van der Waals surface area contributed by atoms with Crippen LogP contribution in [0.25, 0.3) is 0 Å². The highest BCUT2D eigenvalue weighted by Gasteiger charge is 2.40. The molecule has 26 heavy (non-hydrogen) atoms. The Morgan fingerprint density at radius 2 is 1.19 bits per heavy atom. The van der Waals surface area contributed by atoms with Crippen molar-refractivity contribution in [2.45, 2.75) is 32.1 Å². The van der Waals surface area contributed by atoms with E-state index in [0.29, 0.717) is 0 Å². The Hall–Kier alpha value is -2.95. The molecule has 2 N–H and O–H groups in total. The van der Waals surface area contributed by atoms with Crippen LogP contribution < -0.4 is 0 Å². The van der Waals surface area contributed by atoms with Gasteiger partial charge >= 0.3 is 11.9 Å². The molecule has 0 saturated heterocycles. The molecule has 0 atom stereocenters. The molecule has 136 valence electrons. The van der Waals surface area contributed by atoms with Gasteiger partial charge in [0.05, 0.1) is 11.8 Å². The molecule has 2 aromatic carbocycles. The van der Waals surface area contributed by atoms with Gasteiger partial charge in [-0.05, 0) is 24.0 Å². The highest BCUT2D eigenvalue weighted by molar-refractivity contribution is 5.88. The van der Waals surface area contributed by atoms with Crippen molar-refractivity contribution in [3.8, 4) is 0 Å². The van der Waals surface area contributed by atoms with Gasteiger partial charge in [-0.25, -0.2) is 0 Å². The normalized spacial score (nSPS) is 11.1. The van der Waals surface area contributed by atoms with Gasteiger partial charge in [-0.2, -0.15) is 0 Å². The standard InChI is InChI=1S/C21H22O5/c22-18(11-12-19(23)24)15-21(20(25)26,13-16-7-3-1-4-8-16)14-17-9-5-2-6-10-17/h1-10H,11-15H2,(H,23,24)(H,25,26). The topological polar surface area (TPSA) is 91.7 Å². The van der Waals surface area contributed by atoms with Crippen molar-refractivity contribution in [3.63, 3.8) is 0 Å². The van der Waals surface area contributed by atoms with Crippen molar-refractivity contribution in [2.75, 3.05) is 0 Å². The van der Waals surface area contributed by atoms with Crippen molar-refractivity contribution in [3.05, 3.63) is 71.8 Å². The average Bonchev–Trinajstić information content (AvgIpc) is 2.61. The van der Waals surface area contributed by atoms with Crippen molar-refractivity contribution in [1.82, 2.24) is 0 Å². The van der Waals surface area contributed by atoms with Gasteiger partial charge in [0.25, 0.3) is 0 Å². The zero-order valence-corrected chi connectivity index (χ0v) is 14.4. The van der Waals surface area contributed by atoms with Gasteiger partial charge in [-0.1, -0.05) is 60.7 Å². The van der Waals surface area contributed by atoms with E-state index in [1.165, 1.54) is 0 Å². The van der Waals surface area contributed by atoms with E-state index in [1.807, 2.05) is 60.7 Å². The lowest BCUT2D eigenvalue weighted by Crippen LogP contribution is -2.38. The number of carbonyl (C=O) groups excluding carboxylic acids is 1. The molecule has 0 saturated carbocycles. The molecule has 0 aromatic heterocycles. The molecule has 0 fully saturated rings. The number of benzene rings is 2. The number of carboxylic acids is 2. The summed E-state index contributed by atoms with van der Waals surface area (Å²) in [7, 11) is 0. The SMILES string of the molecule is O=C(O)CCC(=O)CC(Cc1ccccc1)(Cc1ccccc1)C(=O)O. The van der Waals surface area contributed by atoms with Crippen molar-refractivity contribution in [1.29, 1.82) is 0 Å². The predicted molar refractivity (Wildman–Crippen MR) is 96.9 cm³/mol. The van der Waals surface area contributed by atoms with E-state index >= 15 is 0 Å². The Labute approximate surface area is 152 Å². The quantitative estimate of drug-likeness (QED) is 0.682. The number of hydrogen-bond donors (Lipinski definition) is 2. The summed E-state index contributed by atoms with van der Waals surface area (Å²) in [5.41, 5.74) is 0.354. The smallest absolute Gasteiger partial charge is 0.310 e. The first-order valence-electron chi connectivity index (χ1n) is 8.46. The van der Waals surface area contributed by atoms with E-state index in [1.54, 1.807) is 0 Å². The van der Waals surface area contributed by atoms with Crippen LogP contribution in [0, 0.1) is 5.41 Å². The first-order chi connectivity index (χ1) is 12.4. The Morgan fingerprint density at radius 1 is 0.731 bits per heavy atom. The summed E-state index contributed by atoms with van der Waals surface area (Å²) in [4.78, 5) is 35.3. The summed E-state index contributed by atoms with van der Waals surface area (Å²) in [6.45, 7) is 0. The molecule has 5 heteroatoms. The van der Waals surface area contributed by atoms with Crippen LogP contribution in [0.4, 0.5) is 0 Å². The highest BCUT2D eigenvalue weighted by Crippen LogP contribution is 2.33. The third-order valence-electron chi connectivity index (χ3n) is 4.38. The minimum absolute atomic E-state index is 0.159. The summed E-state index contributed by atoms with van der Waals surface area (Å²) in [6.07, 6.45) is -0.230. The molecule has 0 amide bonds. The van der Waals surface area contributed by atoms with Crippen LogP contribution in [0.2, 0.25) is 0 Å². The maximum Gasteiger partial charge on any atom is 0.310 e. The van der Waals surface area contributed by atoms with Crippen molar-refractivity contribution in [2.24, 2.45) is 5.41 Å². The second-order valence-corrected chi connectivity index (χ2v) is 6.52. The largest absolute Gasteiger partial charge is 0.481 e. The van der Waals surface area contributed by atoms with E-state index in [9.17, 15) is 19.5 Å². The van der Waals surface area contributed by atoms with Crippen molar-refractivity contribution >= 4 is 17.7 Å². The molecule has 2 aromatic rings. The van der Waals surface area contributed by atoms with Gasteiger partial charge in [0.1, 0.15) is 5.78 Å². The molecule has 2 rings (SSSR count). The lowest BCUT2D eigenvalue weighted by atomic mass is 9.72. The van der Waals surface area contributed by atoms with E-state index in [4.69, 9.17) is 5.11 Å². The van der Waals surface area contributed by atoms with E-state index in [2.05, 4.69) is 0 Å². The predicted octanol–water partition coefficient (Wildman–Crippen LogP) is 3.37. The zero-order valence-electron chi connectivity index (χ0n) is 14.4. The lowest BCUT2D eigenvalue weighted by Gasteiger charge is -2.29. The fourth-order valence-electron chi connectivity index (χ4n) is 3.10. The summed E-state index contributed by atoms with van der Waals surface area (Å²) in [5.74, 6) is -2.46. The minimum Gasteiger partial charge on any atom is -0.481 e. The third kappa shape index (κ3) is 5.55. The van der Waals surface area contributed by atoms with Crippen LogP contribution >= 0.6 is 0 Å². The monoisotopic (exact) mass is 354 g/mol. The van der Waals surface area contributed by atoms with Crippen LogP contribution in [0.15, 0.2) is 60.7 Å². The second-order valence-electron chi connectivity index (χ2n) is 6.52. The van der Waals surface area contributed by atoms with Crippen LogP contribution in [0.1, 0.15) is 30.4 Å². The van der Waals surface area contributed by atoms with Crippen LogP contribution in [0.5, 0.6) is 0 Å². The summed E-state index contributed by atoms with van der Waals surface area (Å²) < 4.78 is 0. The first kappa shape index (κ1) is 19.4. The summed E-state index contributed by atoms with van der Waals surface area (Å²) >= 11 is 0. The van der Waals surface area contributed by atoms with E-state index in [-0.39, 0.29) is 37.9 Å². The lowest BCUT2D eigenvalue weighted by molar-refractivity contribution is -0.151. The molecule has 0 spiro atoms. The molecule has 0 aliphatic carbocycles. The maximum atomic E-state index is 12.3. The van der Waals surface area contributed by atoms with E-state index < -0.39 is 17.4 Å². The molecule has 5 nitrogen and oxygen atoms in total. The Kier molecular flexibility index (Phi) is 6.67. The highest BCUT2D eigenvalue weighted by atomic mass is 16.4. The van der Waals surface area contributed by atoms with Gasteiger partial charge in [-0.3, -0.25) is 14.4 Å². The number of ketones is 1. The average molecular weight is 354 g/mol. The van der Waals surface area contributed by atoms with Gasteiger partial charge < -0.3 is 10.2 Å². The molecular weight excluding hydrogens is 332 g/mol. The van der Waals surface area contributed by atoms with Crippen LogP contribution in [-0.2, 0) is 27.2 Å². The maximum absolute atomic E-state index is 12.3. The number of carbonyl (C=O) groups is 3. The first-order valence-corrected chi connectivity index (χ1v) is 8.46. The zero-order chi connectivity index (χ0) is 19.0. The molecule has 0 aliphatic heterocycles. The molecule has 0 unspecified atom stereocenters. The Morgan fingerprint density at radius 3 is 1.58 bits per heavy atom. The van der Waals surface area contributed by atoms with Gasteiger partial charge in [0.2, 0.25) is 0 Å².